The summed E-state index contributed by atoms with van der Waals surface area (Å²) in [4.78, 5) is 25.8. The Labute approximate surface area is 173 Å². The predicted octanol–water partition coefficient (Wildman–Crippen LogP) is 2.46. The first-order valence-electron chi connectivity index (χ1n) is 10.2. The minimum absolute atomic E-state index is 0.533. The molecule has 2 bridgehead atoms. The number of fused-ring (bicyclic) bond motifs is 3. The van der Waals surface area contributed by atoms with Crippen molar-refractivity contribution in [1.29, 1.82) is 0 Å². The Hall–Kier alpha value is -3.52. The molecule has 8 heteroatoms. The SMILES string of the molecule is Nc1ncccc1CN1C2CC1CN(c1ccc(-c3ncnc4[nH]ccc34)cn1)C2. The summed E-state index contributed by atoms with van der Waals surface area (Å²) in [7, 11) is 0. The first-order chi connectivity index (χ1) is 14.8. The summed E-state index contributed by atoms with van der Waals surface area (Å²) in [5, 5.41) is 1.01. The first-order valence-corrected chi connectivity index (χ1v) is 10.2. The standard InChI is InChI=1S/C22H22N8/c23-21-15(2-1-6-24-21)10-30-16-8-17(30)12-29(11-16)19-4-3-14(9-26-19)20-18-5-7-25-22(18)28-13-27-20/h1-7,9,13,16-17H,8,10-12H2,(H2,23,24)(H,25,27,28). The van der Waals surface area contributed by atoms with Gasteiger partial charge in [-0.2, -0.15) is 0 Å². The van der Waals surface area contributed by atoms with Crippen LogP contribution in [0, 0.1) is 0 Å². The molecule has 150 valence electrons. The lowest BCUT2D eigenvalue weighted by Gasteiger charge is -2.56. The summed E-state index contributed by atoms with van der Waals surface area (Å²) < 4.78 is 0. The maximum absolute atomic E-state index is 6.04. The highest BCUT2D eigenvalue weighted by Crippen LogP contribution is 2.36. The van der Waals surface area contributed by atoms with Gasteiger partial charge >= 0.3 is 0 Å². The van der Waals surface area contributed by atoms with Gasteiger partial charge in [-0.15, -0.1) is 0 Å². The number of H-pyrrole nitrogens is 1. The van der Waals surface area contributed by atoms with Gasteiger partial charge in [0, 0.05) is 66.8 Å². The van der Waals surface area contributed by atoms with Crippen LogP contribution in [0.1, 0.15) is 12.0 Å². The van der Waals surface area contributed by atoms with Crippen LogP contribution in [0.5, 0.6) is 0 Å². The van der Waals surface area contributed by atoms with E-state index >= 15 is 0 Å². The molecular weight excluding hydrogens is 376 g/mol. The zero-order chi connectivity index (χ0) is 20.1. The maximum atomic E-state index is 6.04. The fourth-order valence-corrected chi connectivity index (χ4v) is 4.73. The van der Waals surface area contributed by atoms with E-state index in [0.717, 1.165) is 53.3 Å². The molecule has 30 heavy (non-hydrogen) atoms. The quantitative estimate of drug-likeness (QED) is 0.545. The van der Waals surface area contributed by atoms with Crippen molar-refractivity contribution < 1.29 is 0 Å². The van der Waals surface area contributed by atoms with Crippen molar-refractivity contribution in [3.8, 4) is 11.3 Å². The van der Waals surface area contributed by atoms with Gasteiger partial charge in [0.25, 0.3) is 0 Å². The number of anilines is 2. The Kier molecular flexibility index (Phi) is 3.92. The van der Waals surface area contributed by atoms with E-state index in [-0.39, 0.29) is 0 Å². The largest absolute Gasteiger partial charge is 0.383 e. The van der Waals surface area contributed by atoms with Crippen molar-refractivity contribution in [2.45, 2.75) is 25.0 Å². The third kappa shape index (κ3) is 2.80. The number of nitrogens with one attached hydrogen (secondary N) is 1. The highest BCUT2D eigenvalue weighted by Gasteiger charge is 2.44. The highest BCUT2D eigenvalue weighted by molar-refractivity contribution is 5.90. The van der Waals surface area contributed by atoms with Crippen LogP contribution in [0.25, 0.3) is 22.3 Å². The second-order valence-corrected chi connectivity index (χ2v) is 8.04. The van der Waals surface area contributed by atoms with Gasteiger partial charge in [-0.3, -0.25) is 4.90 Å². The summed E-state index contributed by atoms with van der Waals surface area (Å²) >= 11 is 0. The molecule has 3 N–H and O–H groups in total. The molecule has 4 aromatic heterocycles. The number of nitrogens with zero attached hydrogens (tertiary/aromatic N) is 6. The summed E-state index contributed by atoms with van der Waals surface area (Å²) in [6.07, 6.45) is 8.37. The summed E-state index contributed by atoms with van der Waals surface area (Å²) in [6, 6.07) is 11.3. The van der Waals surface area contributed by atoms with E-state index in [1.807, 2.05) is 24.5 Å². The average Bonchev–Trinajstić information content (AvgIpc) is 3.28. The van der Waals surface area contributed by atoms with Crippen LogP contribution in [-0.2, 0) is 6.54 Å². The van der Waals surface area contributed by atoms with Crippen LogP contribution in [0.4, 0.5) is 11.6 Å². The zero-order valence-corrected chi connectivity index (χ0v) is 16.4. The van der Waals surface area contributed by atoms with Crippen LogP contribution < -0.4 is 10.6 Å². The molecule has 0 amide bonds. The van der Waals surface area contributed by atoms with Crippen molar-refractivity contribution in [3.63, 3.8) is 0 Å². The first kappa shape index (κ1) is 17.3. The molecule has 3 aliphatic heterocycles. The van der Waals surface area contributed by atoms with E-state index in [2.05, 4.69) is 47.9 Å². The highest BCUT2D eigenvalue weighted by atomic mass is 15.4. The fourth-order valence-electron chi connectivity index (χ4n) is 4.73. The molecule has 4 aromatic rings. The minimum atomic E-state index is 0.533. The van der Waals surface area contributed by atoms with Gasteiger partial charge < -0.3 is 15.6 Å². The lowest BCUT2D eigenvalue weighted by atomic mass is 9.87. The maximum Gasteiger partial charge on any atom is 0.141 e. The number of hydrogen-bond donors (Lipinski definition) is 2. The van der Waals surface area contributed by atoms with Crippen LogP contribution in [0.15, 0.2) is 55.2 Å². The Morgan fingerprint density at radius 2 is 1.93 bits per heavy atom. The average molecular weight is 398 g/mol. The van der Waals surface area contributed by atoms with Crippen LogP contribution in [-0.4, -0.2) is 55.0 Å². The van der Waals surface area contributed by atoms with Gasteiger partial charge in [0.15, 0.2) is 0 Å². The minimum Gasteiger partial charge on any atom is -0.383 e. The van der Waals surface area contributed by atoms with Gasteiger partial charge in [-0.05, 0) is 30.7 Å². The number of aromatic amines is 1. The van der Waals surface area contributed by atoms with E-state index < -0.39 is 0 Å². The van der Waals surface area contributed by atoms with Crippen molar-refractivity contribution in [3.05, 3.63) is 60.8 Å². The van der Waals surface area contributed by atoms with Crippen molar-refractivity contribution in [1.82, 2.24) is 29.8 Å². The lowest BCUT2D eigenvalue weighted by molar-refractivity contribution is -0.00856. The van der Waals surface area contributed by atoms with E-state index in [1.54, 1.807) is 12.5 Å². The van der Waals surface area contributed by atoms with Crippen LogP contribution in [0.2, 0.25) is 0 Å². The summed E-state index contributed by atoms with van der Waals surface area (Å²) in [5.41, 5.74) is 9.90. The molecule has 2 unspecified atom stereocenters. The van der Waals surface area contributed by atoms with Gasteiger partial charge in [-0.1, -0.05) is 6.07 Å². The smallest absolute Gasteiger partial charge is 0.141 e. The number of nitrogen functional groups attached to an aromatic ring is 1. The molecule has 0 radical (unpaired) electrons. The number of hydrogen-bond acceptors (Lipinski definition) is 7. The molecular formula is C22H22N8. The predicted molar refractivity (Wildman–Crippen MR) is 116 cm³/mol. The van der Waals surface area contributed by atoms with Crippen molar-refractivity contribution >= 4 is 22.7 Å². The molecule has 0 saturated carbocycles. The van der Waals surface area contributed by atoms with Crippen molar-refractivity contribution in [2.24, 2.45) is 0 Å². The number of pyridine rings is 2. The van der Waals surface area contributed by atoms with E-state index in [1.165, 1.54) is 6.42 Å². The molecule has 0 aliphatic carbocycles. The third-order valence-electron chi connectivity index (χ3n) is 6.32. The van der Waals surface area contributed by atoms with Crippen molar-refractivity contribution in [2.75, 3.05) is 23.7 Å². The third-order valence-corrected chi connectivity index (χ3v) is 6.32. The fraction of sp³-hybridized carbons (Fsp3) is 0.273. The topological polar surface area (TPSA) is 99.9 Å². The molecule has 2 atom stereocenters. The van der Waals surface area contributed by atoms with Crippen LogP contribution in [0.3, 0.4) is 0 Å². The normalized spacial score (nSPS) is 21.0. The molecule has 0 spiro atoms. The number of nitrogens with two attached hydrogens (primary N) is 1. The molecule has 7 rings (SSSR count). The number of rotatable bonds is 4. The Morgan fingerprint density at radius 3 is 2.73 bits per heavy atom. The van der Waals surface area contributed by atoms with Gasteiger partial charge in [0.05, 0.1) is 5.69 Å². The van der Waals surface area contributed by atoms with Gasteiger partial charge in [-0.25, -0.2) is 19.9 Å². The Bertz CT molecular complexity index is 1190. The second kappa shape index (κ2) is 6.77. The lowest BCUT2D eigenvalue weighted by Crippen LogP contribution is -2.68. The Morgan fingerprint density at radius 1 is 1.03 bits per heavy atom. The molecule has 8 nitrogen and oxygen atoms in total. The number of piperazine rings is 1. The summed E-state index contributed by atoms with van der Waals surface area (Å²) in [5.74, 6) is 1.66. The number of aromatic nitrogens is 5. The molecule has 7 heterocycles. The molecule has 0 aromatic carbocycles. The van der Waals surface area contributed by atoms with Gasteiger partial charge in [0.2, 0.25) is 0 Å². The van der Waals surface area contributed by atoms with E-state index in [9.17, 15) is 0 Å². The van der Waals surface area contributed by atoms with Crippen LogP contribution >= 0.6 is 0 Å². The molecule has 3 aliphatic rings. The second-order valence-electron chi connectivity index (χ2n) is 8.04. The monoisotopic (exact) mass is 398 g/mol. The Balaban J connectivity index is 1.18. The van der Waals surface area contributed by atoms with E-state index in [0.29, 0.717) is 17.9 Å². The molecule has 3 fully saturated rings. The number of piperidine rings is 1. The molecule has 3 saturated heterocycles. The zero-order valence-electron chi connectivity index (χ0n) is 16.4. The summed E-state index contributed by atoms with van der Waals surface area (Å²) in [6.45, 7) is 2.84. The van der Waals surface area contributed by atoms with Gasteiger partial charge in [0.1, 0.15) is 23.6 Å². The van der Waals surface area contributed by atoms with E-state index in [4.69, 9.17) is 10.7 Å².